The predicted molar refractivity (Wildman–Crippen MR) is 48.3 cm³/mol. The summed E-state index contributed by atoms with van der Waals surface area (Å²) in [5, 5.41) is 8.54. The summed E-state index contributed by atoms with van der Waals surface area (Å²) in [4.78, 5) is 0. The molecule has 0 bridgehead atoms. The molecule has 15 heavy (non-hydrogen) atoms. The van der Waals surface area contributed by atoms with Gasteiger partial charge in [-0.05, 0) is 26.3 Å². The molecule has 0 aromatic carbocycles. The zero-order valence-electron chi connectivity index (χ0n) is 8.28. The molecule has 1 heterocycles. The Morgan fingerprint density at radius 2 is 2.20 bits per heavy atom. The average molecular weight is 219 g/mol. The summed E-state index contributed by atoms with van der Waals surface area (Å²) in [6, 6.07) is 0. The van der Waals surface area contributed by atoms with Crippen LogP contribution in [0.5, 0.6) is 0 Å². The van der Waals surface area contributed by atoms with E-state index in [9.17, 15) is 13.2 Å². The molecule has 84 valence electrons. The van der Waals surface area contributed by atoms with Gasteiger partial charge in [0.25, 0.3) is 0 Å². The van der Waals surface area contributed by atoms with E-state index in [4.69, 9.17) is 0 Å². The molecular weight excluding hydrogens is 207 g/mol. The van der Waals surface area contributed by atoms with Gasteiger partial charge in [0, 0.05) is 11.1 Å². The van der Waals surface area contributed by atoms with Gasteiger partial charge in [-0.1, -0.05) is 0 Å². The first kappa shape index (κ1) is 10.5. The Bertz CT molecular complexity index is 352. The smallest absolute Gasteiger partial charge is 0.314 e. The largest absolute Gasteiger partial charge is 0.433 e. The van der Waals surface area contributed by atoms with Crippen molar-refractivity contribution in [2.24, 2.45) is 0 Å². The Kier molecular flexibility index (Phi) is 2.26. The van der Waals surface area contributed by atoms with E-state index < -0.39 is 11.9 Å². The molecule has 0 spiro atoms. The number of alkyl halides is 3. The van der Waals surface area contributed by atoms with Gasteiger partial charge < -0.3 is 5.32 Å². The first-order valence-corrected chi connectivity index (χ1v) is 4.75. The van der Waals surface area contributed by atoms with E-state index in [1.165, 1.54) is 6.20 Å². The first-order valence-electron chi connectivity index (χ1n) is 4.75. The zero-order valence-corrected chi connectivity index (χ0v) is 8.28. The van der Waals surface area contributed by atoms with Gasteiger partial charge in [0.15, 0.2) is 0 Å². The number of nitrogens with one attached hydrogen (secondary N) is 2. The van der Waals surface area contributed by atoms with E-state index in [0.29, 0.717) is 6.42 Å². The molecule has 2 rings (SSSR count). The summed E-state index contributed by atoms with van der Waals surface area (Å²) in [7, 11) is 1.78. The normalized spacial score (nSPS) is 19.2. The number of aromatic nitrogens is 2. The van der Waals surface area contributed by atoms with Crippen molar-refractivity contribution in [2.75, 3.05) is 7.05 Å². The summed E-state index contributed by atoms with van der Waals surface area (Å²) >= 11 is 0. The van der Waals surface area contributed by atoms with Gasteiger partial charge in [-0.3, -0.25) is 5.10 Å². The number of aromatic amines is 1. The number of likely N-dealkylation sites (N-methyl/N-ethyl adjacent to an activating group) is 1. The second kappa shape index (κ2) is 3.23. The molecule has 1 aromatic rings. The highest BCUT2D eigenvalue weighted by Crippen LogP contribution is 2.40. The van der Waals surface area contributed by atoms with Gasteiger partial charge in [0.1, 0.15) is 5.69 Å². The molecule has 0 aliphatic heterocycles. The summed E-state index contributed by atoms with van der Waals surface area (Å²) in [6.45, 7) is 0. The van der Waals surface area contributed by atoms with Crippen molar-refractivity contribution >= 4 is 0 Å². The predicted octanol–water partition coefficient (Wildman–Crippen LogP) is 1.72. The molecule has 0 atom stereocenters. The van der Waals surface area contributed by atoms with Crippen LogP contribution in [0.25, 0.3) is 0 Å². The fourth-order valence-electron chi connectivity index (χ4n) is 1.72. The molecule has 0 radical (unpaired) electrons. The maximum atomic E-state index is 12.5. The van der Waals surface area contributed by atoms with Gasteiger partial charge >= 0.3 is 6.18 Å². The minimum absolute atomic E-state index is 0.135. The highest BCUT2D eigenvalue weighted by atomic mass is 19.4. The van der Waals surface area contributed by atoms with E-state index in [-0.39, 0.29) is 11.1 Å². The van der Waals surface area contributed by atoms with Crippen LogP contribution in [0.4, 0.5) is 13.2 Å². The Morgan fingerprint density at radius 1 is 1.53 bits per heavy atom. The molecular formula is C9H12F3N3. The Hall–Kier alpha value is -1.04. The Balaban J connectivity index is 2.19. The molecule has 3 nitrogen and oxygen atoms in total. The lowest BCUT2D eigenvalue weighted by atomic mass is 10.0. The monoisotopic (exact) mass is 219 g/mol. The van der Waals surface area contributed by atoms with E-state index in [2.05, 4.69) is 10.4 Å². The van der Waals surface area contributed by atoms with E-state index in [0.717, 1.165) is 12.8 Å². The van der Waals surface area contributed by atoms with Crippen LogP contribution in [0.15, 0.2) is 6.20 Å². The van der Waals surface area contributed by atoms with Crippen LogP contribution in [0, 0.1) is 0 Å². The number of hydrogen-bond acceptors (Lipinski definition) is 2. The summed E-state index contributed by atoms with van der Waals surface area (Å²) in [5.74, 6) is 0. The van der Waals surface area contributed by atoms with Crippen LogP contribution in [0.3, 0.4) is 0 Å². The van der Waals surface area contributed by atoms with Crippen LogP contribution in [0.2, 0.25) is 0 Å². The molecule has 2 N–H and O–H groups in total. The molecule has 0 saturated heterocycles. The topological polar surface area (TPSA) is 40.7 Å². The summed E-state index contributed by atoms with van der Waals surface area (Å²) in [6.07, 6.45) is -0.845. The van der Waals surface area contributed by atoms with Gasteiger partial charge in [-0.25, -0.2) is 0 Å². The number of rotatable bonds is 3. The lowest BCUT2D eigenvalue weighted by Gasteiger charge is -2.14. The van der Waals surface area contributed by atoms with Crippen LogP contribution in [-0.4, -0.2) is 22.8 Å². The SMILES string of the molecule is CNC1(Cc2cn[nH]c2C(F)(F)F)CC1. The molecule has 6 heteroatoms. The van der Waals surface area contributed by atoms with Crippen molar-refractivity contribution in [1.29, 1.82) is 0 Å². The lowest BCUT2D eigenvalue weighted by Crippen LogP contribution is -2.30. The Morgan fingerprint density at radius 3 is 2.67 bits per heavy atom. The van der Waals surface area contributed by atoms with Crippen molar-refractivity contribution in [3.63, 3.8) is 0 Å². The van der Waals surface area contributed by atoms with E-state index in [1.807, 2.05) is 5.10 Å². The number of H-pyrrole nitrogens is 1. The number of halogens is 3. The molecule has 1 aliphatic rings. The number of hydrogen-bond donors (Lipinski definition) is 2. The third-order valence-electron chi connectivity index (χ3n) is 2.91. The molecule has 1 aromatic heterocycles. The molecule has 0 amide bonds. The van der Waals surface area contributed by atoms with Gasteiger partial charge in [-0.2, -0.15) is 18.3 Å². The van der Waals surface area contributed by atoms with Crippen molar-refractivity contribution in [2.45, 2.75) is 31.0 Å². The van der Waals surface area contributed by atoms with Crippen LogP contribution >= 0.6 is 0 Å². The highest BCUT2D eigenvalue weighted by molar-refractivity contribution is 5.24. The standard InChI is InChI=1S/C9H12F3N3/c1-13-8(2-3-8)4-6-5-14-15-7(6)9(10,11)12/h5,13H,2-4H2,1H3,(H,14,15). The van der Waals surface area contributed by atoms with Crippen LogP contribution in [0.1, 0.15) is 24.1 Å². The van der Waals surface area contributed by atoms with Crippen molar-refractivity contribution < 1.29 is 13.2 Å². The van der Waals surface area contributed by atoms with E-state index >= 15 is 0 Å². The van der Waals surface area contributed by atoms with Gasteiger partial charge in [-0.15, -0.1) is 0 Å². The fraction of sp³-hybridized carbons (Fsp3) is 0.667. The minimum Gasteiger partial charge on any atom is -0.314 e. The zero-order chi connectivity index (χ0) is 11.1. The first-order chi connectivity index (χ1) is 6.97. The van der Waals surface area contributed by atoms with Crippen LogP contribution < -0.4 is 5.32 Å². The maximum Gasteiger partial charge on any atom is 0.433 e. The third-order valence-corrected chi connectivity index (χ3v) is 2.91. The minimum atomic E-state index is -4.34. The lowest BCUT2D eigenvalue weighted by molar-refractivity contribution is -0.141. The third kappa shape index (κ3) is 1.99. The van der Waals surface area contributed by atoms with Crippen LogP contribution in [-0.2, 0) is 12.6 Å². The second-order valence-electron chi connectivity index (χ2n) is 3.98. The summed E-state index contributed by atoms with van der Waals surface area (Å²) in [5.41, 5.74) is -0.609. The second-order valence-corrected chi connectivity index (χ2v) is 3.98. The number of nitrogens with zero attached hydrogens (tertiary/aromatic N) is 1. The van der Waals surface area contributed by atoms with Crippen molar-refractivity contribution in [1.82, 2.24) is 15.5 Å². The Labute approximate surface area is 85.1 Å². The maximum absolute atomic E-state index is 12.5. The quantitative estimate of drug-likeness (QED) is 0.812. The molecule has 1 aliphatic carbocycles. The van der Waals surface area contributed by atoms with E-state index in [1.54, 1.807) is 7.05 Å². The molecule has 1 saturated carbocycles. The molecule has 0 unspecified atom stereocenters. The fourth-order valence-corrected chi connectivity index (χ4v) is 1.72. The van der Waals surface area contributed by atoms with Crippen molar-refractivity contribution in [3.8, 4) is 0 Å². The summed E-state index contributed by atoms with van der Waals surface area (Å²) < 4.78 is 37.5. The van der Waals surface area contributed by atoms with Gasteiger partial charge in [0.2, 0.25) is 0 Å². The molecule has 1 fully saturated rings. The van der Waals surface area contributed by atoms with Crippen molar-refractivity contribution in [3.05, 3.63) is 17.5 Å². The average Bonchev–Trinajstić information content (AvgIpc) is 2.73. The highest BCUT2D eigenvalue weighted by Gasteiger charge is 2.44. The van der Waals surface area contributed by atoms with Gasteiger partial charge in [0.05, 0.1) is 6.20 Å².